The fourth-order valence-electron chi connectivity index (χ4n) is 15.2. The number of nitrogens with zero attached hydrogens (tertiary/aromatic N) is 20. The third kappa shape index (κ3) is 20.1. The Morgan fingerprint density at radius 3 is 0.887 bits per heavy atom. The van der Waals surface area contributed by atoms with E-state index in [2.05, 4.69) is 115 Å². The molecule has 2 atom stereocenters. The average Bonchev–Trinajstić information content (AvgIpc) is 0.805. The molecule has 0 radical (unpaired) electrons. The molecule has 5 fully saturated rings. The molecule has 0 spiro atoms. The van der Waals surface area contributed by atoms with E-state index in [4.69, 9.17) is 39.5 Å². The molecule has 20 rings (SSSR count). The SMILES string of the molecule is COc1ncc(-c2cc(=O)n3cc(N4CCNCC4)ccc3n2)cc1Cl.C[C@H]1CN(c2ccc3nc(-c4cncc(Cl)c4)cc(=O)n3c2)CCN1.C[C@H]1CN(c2ccc3nc(-c4cncc(F)c4)cc(=O)n3c2)CCN1.O=c1cc(-c2cncc(Cl)c2)nc2ccc(N3CCNCC3)cn12.O=c1cc(-c2cncc(F)c2)nc2ccc(N3CCNCC3)cn12. The van der Waals surface area contributed by atoms with E-state index in [0.29, 0.717) is 106 Å². The zero-order valence-electron chi connectivity index (χ0n) is 67.8. The molecule has 36 heteroatoms. The van der Waals surface area contributed by atoms with Crippen molar-refractivity contribution in [2.24, 2.45) is 0 Å². The van der Waals surface area contributed by atoms with Gasteiger partial charge in [0, 0.05) is 262 Å². The first kappa shape index (κ1) is 84.5. The molecule has 0 bridgehead atoms. The number of aromatic nitrogens is 15. The summed E-state index contributed by atoms with van der Waals surface area (Å²) in [5.41, 5.74) is 12.7. The maximum atomic E-state index is 13.4. The van der Waals surface area contributed by atoms with E-state index in [1.807, 2.05) is 91.6 Å². The summed E-state index contributed by atoms with van der Waals surface area (Å²) in [6.07, 6.45) is 22.4. The molecule has 124 heavy (non-hydrogen) atoms. The van der Waals surface area contributed by atoms with Crippen molar-refractivity contribution in [3.63, 3.8) is 0 Å². The number of pyridine rings is 10. The van der Waals surface area contributed by atoms with Gasteiger partial charge in [0.05, 0.1) is 86.5 Å². The molecule has 5 aliphatic heterocycles. The van der Waals surface area contributed by atoms with Crippen molar-refractivity contribution in [2.45, 2.75) is 25.9 Å². The van der Waals surface area contributed by atoms with Gasteiger partial charge in [0.15, 0.2) is 0 Å². The van der Waals surface area contributed by atoms with Crippen LogP contribution in [0.5, 0.6) is 5.88 Å². The lowest BCUT2D eigenvalue weighted by Crippen LogP contribution is -2.49. The summed E-state index contributed by atoms with van der Waals surface area (Å²) in [6, 6.07) is 35.2. The molecule has 5 saturated heterocycles. The molecule has 20 heterocycles. The van der Waals surface area contributed by atoms with Gasteiger partial charge >= 0.3 is 0 Å². The molecule has 0 amide bonds. The molecular formula is C88H86Cl3F2N25O6. The van der Waals surface area contributed by atoms with Gasteiger partial charge in [-0.3, -0.25) is 65.9 Å². The highest BCUT2D eigenvalue weighted by atomic mass is 35.5. The van der Waals surface area contributed by atoms with E-state index in [9.17, 15) is 32.8 Å². The Balaban J connectivity index is 0.000000115. The van der Waals surface area contributed by atoms with Crippen LogP contribution in [0.2, 0.25) is 15.1 Å². The normalized spacial score (nSPS) is 16.0. The van der Waals surface area contributed by atoms with Crippen LogP contribution >= 0.6 is 34.8 Å². The minimum absolute atomic E-state index is 0.119. The van der Waals surface area contributed by atoms with Crippen molar-refractivity contribution in [1.29, 1.82) is 0 Å². The molecule has 31 nitrogen and oxygen atoms in total. The number of anilines is 5. The molecule has 5 N–H and O–H groups in total. The predicted molar refractivity (Wildman–Crippen MR) is 480 cm³/mol. The number of nitrogens with one attached hydrogen (secondary N) is 5. The van der Waals surface area contributed by atoms with Gasteiger partial charge in [0.25, 0.3) is 27.8 Å². The highest BCUT2D eigenvalue weighted by molar-refractivity contribution is 6.32. The van der Waals surface area contributed by atoms with Gasteiger partial charge < -0.3 is 55.8 Å². The molecule has 0 saturated carbocycles. The van der Waals surface area contributed by atoms with Gasteiger partial charge in [-0.25, -0.2) is 38.7 Å². The van der Waals surface area contributed by atoms with Crippen molar-refractivity contribution < 1.29 is 13.5 Å². The number of hydrogen-bond acceptors (Lipinski definition) is 26. The minimum atomic E-state index is -0.456. The lowest BCUT2D eigenvalue weighted by Gasteiger charge is -2.33. The molecule has 15 aromatic heterocycles. The number of methoxy groups -OCH3 is 1. The Hall–Kier alpha value is -13.1. The predicted octanol–water partition coefficient (Wildman–Crippen LogP) is 8.85. The summed E-state index contributed by atoms with van der Waals surface area (Å²) < 4.78 is 39.6. The maximum Gasteiger partial charge on any atom is 0.258 e. The quantitative estimate of drug-likeness (QED) is 0.0807. The van der Waals surface area contributed by atoms with Crippen LogP contribution in [0, 0.1) is 11.6 Å². The Labute approximate surface area is 723 Å². The fraction of sp³-hybridized carbons (Fsp3) is 0.261. The van der Waals surface area contributed by atoms with E-state index in [0.717, 1.165) is 170 Å². The summed E-state index contributed by atoms with van der Waals surface area (Å²) in [7, 11) is 1.50. The minimum Gasteiger partial charge on any atom is -0.480 e. The third-order valence-electron chi connectivity index (χ3n) is 21.4. The van der Waals surface area contributed by atoms with Crippen LogP contribution in [0.15, 0.2) is 232 Å². The van der Waals surface area contributed by atoms with Crippen LogP contribution in [-0.4, -0.2) is 209 Å². The maximum absolute atomic E-state index is 13.4. The summed E-state index contributed by atoms with van der Waals surface area (Å²) in [5.74, 6) is -0.570. The number of piperazine rings is 5. The largest absolute Gasteiger partial charge is 0.480 e. The van der Waals surface area contributed by atoms with Crippen molar-refractivity contribution in [3.8, 4) is 62.2 Å². The summed E-state index contributed by atoms with van der Waals surface area (Å²) in [5, 5.41) is 18.2. The lowest BCUT2D eigenvalue weighted by molar-refractivity contribution is 0.398. The summed E-state index contributed by atoms with van der Waals surface area (Å²) in [6.45, 7) is 20.9. The monoisotopic (exact) mass is 1730 g/mol. The first-order valence-corrected chi connectivity index (χ1v) is 41.5. The highest BCUT2D eigenvalue weighted by Gasteiger charge is 2.22. The van der Waals surface area contributed by atoms with Gasteiger partial charge in [-0.1, -0.05) is 34.8 Å². The van der Waals surface area contributed by atoms with Crippen LogP contribution in [0.25, 0.3) is 84.5 Å². The van der Waals surface area contributed by atoms with Crippen molar-refractivity contribution in [2.75, 3.05) is 149 Å². The molecule has 15 aromatic rings. The number of fused-ring (bicyclic) bond motifs is 5. The van der Waals surface area contributed by atoms with Gasteiger partial charge in [0.2, 0.25) is 5.88 Å². The van der Waals surface area contributed by atoms with Crippen LogP contribution in [-0.2, 0) is 0 Å². The third-order valence-corrected chi connectivity index (χ3v) is 22.1. The summed E-state index contributed by atoms with van der Waals surface area (Å²) in [4.78, 5) is 117. The van der Waals surface area contributed by atoms with E-state index < -0.39 is 11.6 Å². The van der Waals surface area contributed by atoms with Gasteiger partial charge in [0.1, 0.15) is 44.9 Å². The highest BCUT2D eigenvalue weighted by Crippen LogP contribution is 2.30. The molecule has 5 aliphatic rings. The molecular weight excluding hydrogens is 1650 g/mol. The van der Waals surface area contributed by atoms with Crippen molar-refractivity contribution >= 4 is 91.5 Å². The first-order chi connectivity index (χ1) is 60.3. The molecule has 634 valence electrons. The van der Waals surface area contributed by atoms with Crippen molar-refractivity contribution in [3.05, 3.63) is 287 Å². The second kappa shape index (κ2) is 38.5. The number of ether oxygens (including phenoxy) is 1. The fourth-order valence-corrected chi connectivity index (χ4v) is 15.7. The van der Waals surface area contributed by atoms with Gasteiger partial charge in [-0.15, -0.1) is 0 Å². The van der Waals surface area contributed by atoms with Crippen molar-refractivity contribution in [1.82, 2.24) is 98.4 Å². The Bertz CT molecular complexity index is 6430. The number of halogens is 5. The van der Waals surface area contributed by atoms with Crippen LogP contribution in [0.3, 0.4) is 0 Å². The Morgan fingerprint density at radius 2 is 0.613 bits per heavy atom. The second-order valence-electron chi connectivity index (χ2n) is 30.1. The Morgan fingerprint density at radius 1 is 0.339 bits per heavy atom. The van der Waals surface area contributed by atoms with Gasteiger partial charge in [-0.2, -0.15) is 0 Å². The number of hydrogen-bond donors (Lipinski definition) is 5. The van der Waals surface area contributed by atoms with Crippen LogP contribution < -0.4 is 83.6 Å². The lowest BCUT2D eigenvalue weighted by atomic mass is 10.2. The first-order valence-electron chi connectivity index (χ1n) is 40.4. The standard InChI is InChI=1S/C18H18ClN5O2.C18H18ClN5O.C18H18FN5O.C17H16ClN5O.C17H16FN5O/c1-26-18-14(19)8-12(10-21-18)15-9-17(25)24-11-13(2-3-16(24)22-15)23-6-4-20-5-7-23;2*1-12-10-23(5-4-21-12)15-2-3-17-22-16(7-18(25)24(17)11-15)13-6-14(19)9-20-8-13;2*18-13-7-12(9-20-10-13)15-8-17(24)23-11-14(1-2-16(23)21-15)22-5-3-19-4-6-22/h2-3,8-11,20H,4-7H2,1H3;2*2-3,6-9,11-12,21H,4-5,10H2,1H3;2*1-2,7-11,19H,3-6H2/t;2*12-;;/m.00../s1. The van der Waals surface area contributed by atoms with Gasteiger partial charge in [-0.05, 0) is 105 Å². The average molecular weight is 1730 g/mol. The zero-order chi connectivity index (χ0) is 85.9. The molecule has 0 aliphatic carbocycles. The molecule has 0 unspecified atom stereocenters. The zero-order valence-corrected chi connectivity index (χ0v) is 70.1. The van der Waals surface area contributed by atoms with Crippen LogP contribution in [0.4, 0.5) is 37.2 Å². The van der Waals surface area contributed by atoms with E-state index >= 15 is 0 Å². The van der Waals surface area contributed by atoms with E-state index in [1.54, 1.807) is 62.4 Å². The van der Waals surface area contributed by atoms with E-state index in [-0.39, 0.29) is 27.8 Å². The topological polar surface area (TPSA) is 322 Å². The van der Waals surface area contributed by atoms with Crippen LogP contribution in [0.1, 0.15) is 13.8 Å². The number of rotatable bonds is 11. The Kier molecular flexibility index (Phi) is 26.2. The molecule has 0 aromatic carbocycles. The second-order valence-corrected chi connectivity index (χ2v) is 31.4. The van der Waals surface area contributed by atoms with E-state index in [1.165, 1.54) is 70.8 Å². The summed E-state index contributed by atoms with van der Waals surface area (Å²) >= 11 is 18.1. The smallest absolute Gasteiger partial charge is 0.258 e.